The number of rotatable bonds is 5. The molecule has 0 unspecified atom stereocenters. The number of aryl methyl sites for hydroxylation is 1. The Morgan fingerprint density at radius 2 is 1.61 bits per heavy atom. The van der Waals surface area contributed by atoms with E-state index in [9.17, 15) is 4.39 Å². The lowest BCUT2D eigenvalue weighted by molar-refractivity contribution is 0.148. The first-order valence-electron chi connectivity index (χ1n) is 11.5. The molecule has 4 nitrogen and oxygen atoms in total. The molecule has 5 rings (SSSR count). The zero-order valence-electron chi connectivity index (χ0n) is 19.2. The number of hydrogen-bond donors (Lipinski definition) is 0. The topological polar surface area (TPSA) is 24.3 Å². The molecule has 0 N–H and O–H groups in total. The van der Waals surface area contributed by atoms with Crippen LogP contribution in [-0.4, -0.2) is 52.8 Å². The second-order valence-corrected chi connectivity index (χ2v) is 8.88. The molecular weight excluding hydrogens is 411 g/mol. The lowest BCUT2D eigenvalue weighted by Crippen LogP contribution is -2.43. The Morgan fingerprint density at radius 3 is 2.33 bits per heavy atom. The van der Waals surface area contributed by atoms with Gasteiger partial charge in [0.1, 0.15) is 5.82 Å². The smallest absolute Gasteiger partial charge is 0.123 e. The molecule has 0 aliphatic carbocycles. The largest absolute Gasteiger partial charge is 0.304 e. The predicted molar refractivity (Wildman–Crippen MR) is 132 cm³/mol. The summed E-state index contributed by atoms with van der Waals surface area (Å²) in [5, 5.41) is 4.75. The molecule has 1 saturated heterocycles. The summed E-state index contributed by atoms with van der Waals surface area (Å²) in [6.07, 6.45) is 1.94. The molecule has 0 atom stereocenters. The Bertz CT molecular complexity index is 1240. The number of nitrogens with zero attached hydrogens (tertiary/aromatic N) is 4. The third-order valence-corrected chi connectivity index (χ3v) is 6.50. The van der Waals surface area contributed by atoms with Crippen LogP contribution in [0.5, 0.6) is 0 Å². The second-order valence-electron chi connectivity index (χ2n) is 8.88. The zero-order chi connectivity index (χ0) is 22.8. The van der Waals surface area contributed by atoms with Crippen molar-refractivity contribution in [2.24, 2.45) is 0 Å². The number of aromatic nitrogens is 2. The van der Waals surface area contributed by atoms with E-state index in [1.54, 1.807) is 12.1 Å². The van der Waals surface area contributed by atoms with Gasteiger partial charge < -0.3 is 4.90 Å². The van der Waals surface area contributed by atoms with E-state index in [0.29, 0.717) is 0 Å². The van der Waals surface area contributed by atoms with Crippen LogP contribution in [0.3, 0.4) is 0 Å². The molecule has 3 aromatic carbocycles. The standard InChI is InChI=1S/C28H29FN4/c1-21-6-3-4-9-27(21)22-10-12-26(13-11-22)33-28(23-7-5-8-25(29)18-23)24(19-30-33)20-32-16-14-31(2)15-17-32/h3-13,18-19H,14-17,20H2,1-2H3. The Balaban J connectivity index is 1.52. The van der Waals surface area contributed by atoms with Gasteiger partial charge in [-0.3, -0.25) is 4.90 Å². The van der Waals surface area contributed by atoms with Gasteiger partial charge in [-0.1, -0.05) is 48.5 Å². The Kier molecular flexibility index (Phi) is 6.07. The zero-order valence-corrected chi connectivity index (χ0v) is 19.2. The van der Waals surface area contributed by atoms with Gasteiger partial charge in [-0.15, -0.1) is 0 Å². The maximum atomic E-state index is 14.2. The van der Waals surface area contributed by atoms with Crippen LogP contribution in [0, 0.1) is 12.7 Å². The van der Waals surface area contributed by atoms with Crippen molar-refractivity contribution in [1.82, 2.24) is 19.6 Å². The van der Waals surface area contributed by atoms with E-state index >= 15 is 0 Å². The SMILES string of the molecule is Cc1ccccc1-c1ccc(-n2ncc(CN3CCN(C)CC3)c2-c2cccc(F)c2)cc1. The Morgan fingerprint density at radius 1 is 0.848 bits per heavy atom. The molecule has 0 saturated carbocycles. The Labute approximate surface area is 194 Å². The van der Waals surface area contributed by atoms with Crippen LogP contribution in [-0.2, 0) is 6.54 Å². The molecule has 1 aliphatic heterocycles. The van der Waals surface area contributed by atoms with Crippen molar-refractivity contribution in [3.8, 4) is 28.1 Å². The number of hydrogen-bond acceptors (Lipinski definition) is 3. The van der Waals surface area contributed by atoms with Crippen LogP contribution in [0.25, 0.3) is 28.1 Å². The molecule has 0 radical (unpaired) electrons. The molecule has 4 aromatic rings. The lowest BCUT2D eigenvalue weighted by atomic mass is 10.0. The Hall–Kier alpha value is -3.28. The molecule has 0 bridgehead atoms. The van der Waals surface area contributed by atoms with Crippen LogP contribution < -0.4 is 0 Å². The summed E-state index contributed by atoms with van der Waals surface area (Å²) in [7, 11) is 2.16. The summed E-state index contributed by atoms with van der Waals surface area (Å²) in [5.41, 5.74) is 7.54. The molecule has 1 fully saturated rings. The van der Waals surface area contributed by atoms with E-state index in [1.807, 2.05) is 16.9 Å². The van der Waals surface area contributed by atoms with Gasteiger partial charge in [0.25, 0.3) is 0 Å². The average molecular weight is 441 g/mol. The van der Waals surface area contributed by atoms with Crippen LogP contribution in [0.1, 0.15) is 11.1 Å². The first-order chi connectivity index (χ1) is 16.1. The molecule has 5 heteroatoms. The van der Waals surface area contributed by atoms with Gasteiger partial charge >= 0.3 is 0 Å². The van der Waals surface area contributed by atoms with E-state index in [0.717, 1.165) is 55.2 Å². The fourth-order valence-electron chi connectivity index (χ4n) is 4.56. The molecular formula is C28H29FN4. The van der Waals surface area contributed by atoms with Gasteiger partial charge in [0.05, 0.1) is 17.6 Å². The molecule has 0 spiro atoms. The van der Waals surface area contributed by atoms with E-state index < -0.39 is 0 Å². The number of piperazine rings is 1. The molecule has 168 valence electrons. The van der Waals surface area contributed by atoms with E-state index in [1.165, 1.54) is 22.8 Å². The highest BCUT2D eigenvalue weighted by Gasteiger charge is 2.20. The molecule has 2 heterocycles. The first kappa shape index (κ1) is 21.6. The monoisotopic (exact) mass is 440 g/mol. The third-order valence-electron chi connectivity index (χ3n) is 6.50. The maximum absolute atomic E-state index is 14.2. The van der Waals surface area contributed by atoms with Gasteiger partial charge in [-0.2, -0.15) is 5.10 Å². The fourth-order valence-corrected chi connectivity index (χ4v) is 4.56. The van der Waals surface area contributed by atoms with Crippen molar-refractivity contribution >= 4 is 0 Å². The van der Waals surface area contributed by atoms with E-state index in [-0.39, 0.29) is 5.82 Å². The minimum absolute atomic E-state index is 0.235. The number of halogens is 1. The van der Waals surface area contributed by atoms with Crippen LogP contribution in [0.2, 0.25) is 0 Å². The highest BCUT2D eigenvalue weighted by molar-refractivity contribution is 5.70. The quantitative estimate of drug-likeness (QED) is 0.415. The summed E-state index contributed by atoms with van der Waals surface area (Å²) in [6, 6.07) is 23.7. The fraction of sp³-hybridized carbons (Fsp3) is 0.250. The summed E-state index contributed by atoms with van der Waals surface area (Å²) >= 11 is 0. The van der Waals surface area contributed by atoms with Gasteiger partial charge in [0.2, 0.25) is 0 Å². The lowest BCUT2D eigenvalue weighted by Gasteiger charge is -2.32. The molecule has 1 aromatic heterocycles. The molecule has 33 heavy (non-hydrogen) atoms. The summed E-state index contributed by atoms with van der Waals surface area (Å²) in [4.78, 5) is 4.80. The molecule has 0 amide bonds. The van der Waals surface area contributed by atoms with Crippen molar-refractivity contribution in [3.05, 3.63) is 95.9 Å². The summed E-state index contributed by atoms with van der Waals surface area (Å²) < 4.78 is 16.1. The minimum Gasteiger partial charge on any atom is -0.304 e. The summed E-state index contributed by atoms with van der Waals surface area (Å²) in [6.45, 7) is 7.10. The van der Waals surface area contributed by atoms with E-state index in [2.05, 4.69) is 72.3 Å². The van der Waals surface area contributed by atoms with Crippen molar-refractivity contribution in [2.45, 2.75) is 13.5 Å². The van der Waals surface area contributed by atoms with Crippen LogP contribution in [0.15, 0.2) is 79.0 Å². The van der Waals surface area contributed by atoms with Crippen molar-refractivity contribution in [2.75, 3.05) is 33.2 Å². The second kappa shape index (κ2) is 9.30. The van der Waals surface area contributed by atoms with Crippen LogP contribution >= 0.6 is 0 Å². The van der Waals surface area contributed by atoms with Crippen LogP contribution in [0.4, 0.5) is 4.39 Å². The highest BCUT2D eigenvalue weighted by atomic mass is 19.1. The normalized spacial score (nSPS) is 15.1. The molecule has 1 aliphatic rings. The number of likely N-dealkylation sites (N-methyl/N-ethyl adjacent to an activating group) is 1. The average Bonchev–Trinajstić information content (AvgIpc) is 3.24. The van der Waals surface area contributed by atoms with Gasteiger partial charge in [-0.25, -0.2) is 9.07 Å². The minimum atomic E-state index is -0.235. The van der Waals surface area contributed by atoms with E-state index in [4.69, 9.17) is 5.10 Å². The number of benzene rings is 3. The third kappa shape index (κ3) is 4.61. The highest BCUT2D eigenvalue weighted by Crippen LogP contribution is 2.30. The van der Waals surface area contributed by atoms with Gasteiger partial charge in [0.15, 0.2) is 0 Å². The van der Waals surface area contributed by atoms with Crippen molar-refractivity contribution < 1.29 is 4.39 Å². The van der Waals surface area contributed by atoms with Gasteiger partial charge in [0, 0.05) is 43.9 Å². The predicted octanol–water partition coefficient (Wildman–Crippen LogP) is 5.40. The van der Waals surface area contributed by atoms with Crippen molar-refractivity contribution in [1.29, 1.82) is 0 Å². The van der Waals surface area contributed by atoms with Gasteiger partial charge in [-0.05, 0) is 54.9 Å². The maximum Gasteiger partial charge on any atom is 0.123 e. The summed E-state index contributed by atoms with van der Waals surface area (Å²) in [5.74, 6) is -0.235. The first-order valence-corrected chi connectivity index (χ1v) is 11.5. The van der Waals surface area contributed by atoms with Crippen molar-refractivity contribution in [3.63, 3.8) is 0 Å².